The van der Waals surface area contributed by atoms with Crippen molar-refractivity contribution in [1.82, 2.24) is 0 Å². The van der Waals surface area contributed by atoms with Gasteiger partial charge in [0.15, 0.2) is 0 Å². The first-order chi connectivity index (χ1) is 12.2. The van der Waals surface area contributed by atoms with Gasteiger partial charge < -0.3 is 0 Å². The lowest BCUT2D eigenvalue weighted by Crippen LogP contribution is -2.01. The van der Waals surface area contributed by atoms with Crippen LogP contribution in [-0.2, 0) is 11.2 Å². The van der Waals surface area contributed by atoms with Crippen LogP contribution in [0.2, 0.25) is 0 Å². The van der Waals surface area contributed by atoms with Gasteiger partial charge in [0.05, 0.1) is 0 Å². The summed E-state index contributed by atoms with van der Waals surface area (Å²) in [7, 11) is 0. The molecule has 0 aliphatic rings. The van der Waals surface area contributed by atoms with Crippen molar-refractivity contribution in [2.75, 3.05) is 0 Å². The first kappa shape index (κ1) is 20.4. The molecule has 0 aliphatic heterocycles. The molecule has 132 valence electrons. The third kappa shape index (κ3) is 5.04. The largest absolute Gasteiger partial charge is 0.276 e. The predicted molar refractivity (Wildman–Crippen MR) is 101 cm³/mol. The van der Waals surface area contributed by atoms with Crippen LogP contribution in [0.25, 0.3) is 5.03 Å². The summed E-state index contributed by atoms with van der Waals surface area (Å²) in [6, 6.07) is 8.69. The summed E-state index contributed by atoms with van der Waals surface area (Å²) in [5.41, 5.74) is 1.70. The molecule has 2 aromatic rings. The van der Waals surface area contributed by atoms with Crippen molar-refractivity contribution in [2.45, 2.75) is 6.42 Å². The molecule has 0 aromatic heterocycles. The maximum atomic E-state index is 11.5. The highest BCUT2D eigenvalue weighted by atomic mass is 35.5. The fourth-order valence-corrected chi connectivity index (χ4v) is 2.79. The molecule has 0 amide bonds. The highest BCUT2D eigenvalue weighted by Gasteiger charge is 2.13. The number of rotatable bonds is 6. The number of hydrogen-bond acceptors (Lipinski definition) is 4. The quantitative estimate of drug-likeness (QED) is 0.487. The number of hydrogen-bond donors (Lipinski definition) is 0. The van der Waals surface area contributed by atoms with Crippen molar-refractivity contribution in [3.63, 3.8) is 0 Å². The smallest absolute Gasteiger partial charge is 0.252 e. The molecule has 0 N–H and O–H groups in total. The molecule has 0 atom stereocenters. The van der Waals surface area contributed by atoms with Crippen LogP contribution in [0.1, 0.15) is 47.8 Å². The molecule has 0 radical (unpaired) electrons. The fraction of sp³-hybridized carbons (Fsp3) is 0.0556. The molecule has 0 fully saturated rings. The van der Waals surface area contributed by atoms with Gasteiger partial charge >= 0.3 is 0 Å². The van der Waals surface area contributed by atoms with Crippen molar-refractivity contribution < 1.29 is 19.2 Å². The van der Waals surface area contributed by atoms with Crippen LogP contribution in [0.3, 0.4) is 0 Å². The molecule has 26 heavy (non-hydrogen) atoms. The molecule has 0 saturated heterocycles. The first-order valence-electron chi connectivity index (χ1n) is 6.99. The standard InChI is InChI=1S/C18H8Cl4O4/c19-15(8-23)11-2-9(3-12(6-11)16(20)24)1-10-4-13(17(21)25)7-14(5-10)18(22)26/h2-7H,1H2. The average Bonchev–Trinajstić information content (AvgIpc) is 2.60. The lowest BCUT2D eigenvalue weighted by molar-refractivity contribution is 0.107. The van der Waals surface area contributed by atoms with Crippen molar-refractivity contribution in [2.24, 2.45) is 0 Å². The van der Waals surface area contributed by atoms with Crippen LogP contribution in [0.4, 0.5) is 0 Å². The van der Waals surface area contributed by atoms with Gasteiger partial charge in [0, 0.05) is 22.3 Å². The normalized spacial score (nSPS) is 10.2. The van der Waals surface area contributed by atoms with E-state index in [4.69, 9.17) is 46.4 Å². The molecular formula is C18H8Cl4O4. The van der Waals surface area contributed by atoms with Crippen molar-refractivity contribution in [1.29, 1.82) is 0 Å². The molecule has 8 heteroatoms. The Hall–Kier alpha value is -1.94. The zero-order chi connectivity index (χ0) is 19.4. The summed E-state index contributed by atoms with van der Waals surface area (Å²) in [6.45, 7) is 0. The van der Waals surface area contributed by atoms with Gasteiger partial charge in [0.2, 0.25) is 0 Å². The third-order valence-corrected chi connectivity index (χ3v) is 4.37. The number of carbonyl (C=O) groups is 3. The van der Waals surface area contributed by atoms with E-state index in [0.717, 1.165) is 0 Å². The van der Waals surface area contributed by atoms with E-state index in [9.17, 15) is 19.2 Å². The second-order valence-electron chi connectivity index (χ2n) is 5.25. The molecule has 0 unspecified atom stereocenters. The number of benzene rings is 2. The zero-order valence-electron chi connectivity index (χ0n) is 12.8. The van der Waals surface area contributed by atoms with E-state index < -0.39 is 15.7 Å². The lowest BCUT2D eigenvalue weighted by atomic mass is 9.97. The van der Waals surface area contributed by atoms with Gasteiger partial charge in [-0.3, -0.25) is 14.4 Å². The Labute approximate surface area is 168 Å². The van der Waals surface area contributed by atoms with Gasteiger partial charge in [-0.25, -0.2) is 4.79 Å². The van der Waals surface area contributed by atoms with Crippen LogP contribution >= 0.6 is 46.4 Å². The minimum Gasteiger partial charge on any atom is -0.276 e. The summed E-state index contributed by atoms with van der Waals surface area (Å²) in [5, 5.41) is -2.44. The second kappa shape index (κ2) is 8.63. The van der Waals surface area contributed by atoms with Gasteiger partial charge in [-0.05, 0) is 88.7 Å². The Balaban J connectivity index is 2.55. The minimum atomic E-state index is -0.747. The van der Waals surface area contributed by atoms with Gasteiger partial charge in [-0.15, -0.1) is 0 Å². The summed E-state index contributed by atoms with van der Waals surface area (Å²) >= 11 is 22.3. The van der Waals surface area contributed by atoms with Crippen molar-refractivity contribution >= 4 is 73.1 Å². The average molecular weight is 430 g/mol. The molecule has 2 aromatic carbocycles. The highest BCUT2D eigenvalue weighted by molar-refractivity contribution is 6.69. The van der Waals surface area contributed by atoms with Crippen LogP contribution < -0.4 is 0 Å². The number of halogens is 4. The van der Waals surface area contributed by atoms with Crippen molar-refractivity contribution in [3.8, 4) is 0 Å². The summed E-state index contributed by atoms with van der Waals surface area (Å²) < 4.78 is 0. The highest BCUT2D eigenvalue weighted by Crippen LogP contribution is 2.24. The lowest BCUT2D eigenvalue weighted by Gasteiger charge is -2.09. The Kier molecular flexibility index (Phi) is 6.76. The molecule has 0 aliphatic carbocycles. The van der Waals surface area contributed by atoms with E-state index in [0.29, 0.717) is 11.1 Å². The van der Waals surface area contributed by atoms with Crippen LogP contribution in [0.5, 0.6) is 0 Å². The van der Waals surface area contributed by atoms with E-state index in [1.165, 1.54) is 30.3 Å². The Morgan fingerprint density at radius 2 is 1.00 bits per heavy atom. The molecule has 4 nitrogen and oxygen atoms in total. The SMILES string of the molecule is O=C=C(Cl)c1cc(Cc2cc(C(=O)Cl)cc(C(=O)Cl)c2)cc(C(=O)Cl)c1. The van der Waals surface area contributed by atoms with E-state index >= 15 is 0 Å². The Morgan fingerprint density at radius 3 is 1.35 bits per heavy atom. The van der Waals surface area contributed by atoms with Crippen LogP contribution in [-0.4, -0.2) is 21.7 Å². The Bertz CT molecular complexity index is 943. The van der Waals surface area contributed by atoms with Gasteiger partial charge in [-0.1, -0.05) is 11.6 Å². The summed E-state index contributed by atoms with van der Waals surface area (Å²) in [5.74, 6) is 1.54. The van der Waals surface area contributed by atoms with E-state index in [-0.39, 0.29) is 33.7 Å². The van der Waals surface area contributed by atoms with E-state index in [2.05, 4.69) is 0 Å². The second-order valence-corrected chi connectivity index (χ2v) is 6.66. The summed E-state index contributed by atoms with van der Waals surface area (Å²) in [6.07, 6.45) is 0.198. The van der Waals surface area contributed by atoms with Gasteiger partial charge in [0.1, 0.15) is 11.0 Å². The molecule has 0 bridgehead atoms. The van der Waals surface area contributed by atoms with Crippen LogP contribution in [0.15, 0.2) is 36.4 Å². The number of carbonyl (C=O) groups excluding carboxylic acids is 4. The van der Waals surface area contributed by atoms with E-state index in [1.807, 2.05) is 0 Å². The fourth-order valence-electron chi connectivity index (χ4n) is 2.35. The van der Waals surface area contributed by atoms with Gasteiger partial charge in [-0.2, -0.15) is 0 Å². The summed E-state index contributed by atoms with van der Waals surface area (Å²) in [4.78, 5) is 45.1. The maximum Gasteiger partial charge on any atom is 0.252 e. The van der Waals surface area contributed by atoms with Crippen molar-refractivity contribution in [3.05, 3.63) is 69.8 Å². The molecule has 0 heterocycles. The Morgan fingerprint density at radius 1 is 0.654 bits per heavy atom. The topological polar surface area (TPSA) is 68.3 Å². The van der Waals surface area contributed by atoms with E-state index in [1.54, 1.807) is 12.0 Å². The molecule has 0 spiro atoms. The molecule has 0 saturated carbocycles. The monoisotopic (exact) mass is 428 g/mol. The predicted octanol–water partition coefficient (Wildman–Crippen LogP) is 4.83. The minimum absolute atomic E-state index is 0.101. The van der Waals surface area contributed by atoms with Gasteiger partial charge in [0.25, 0.3) is 15.7 Å². The molecule has 2 rings (SSSR count). The zero-order valence-corrected chi connectivity index (χ0v) is 15.8. The third-order valence-electron chi connectivity index (χ3n) is 3.42. The maximum absolute atomic E-state index is 11.5. The molecular weight excluding hydrogens is 422 g/mol. The van der Waals surface area contributed by atoms with Crippen LogP contribution in [0, 0.1) is 0 Å². The first-order valence-corrected chi connectivity index (χ1v) is 8.51.